The van der Waals surface area contributed by atoms with E-state index in [1.807, 2.05) is 4.90 Å². The van der Waals surface area contributed by atoms with Gasteiger partial charge in [-0.1, -0.05) is 25.4 Å². The Labute approximate surface area is 124 Å². The highest BCUT2D eigenvalue weighted by molar-refractivity contribution is 5.98. The summed E-state index contributed by atoms with van der Waals surface area (Å²) in [5, 5.41) is 11.5. The molecule has 2 heterocycles. The van der Waals surface area contributed by atoms with Gasteiger partial charge in [0.2, 0.25) is 0 Å². The van der Waals surface area contributed by atoms with E-state index < -0.39 is 0 Å². The molecule has 1 aliphatic rings. The van der Waals surface area contributed by atoms with Crippen molar-refractivity contribution >= 4 is 11.7 Å². The summed E-state index contributed by atoms with van der Waals surface area (Å²) in [4.78, 5) is 18.4. The molecule has 21 heavy (non-hydrogen) atoms. The van der Waals surface area contributed by atoms with Crippen LogP contribution in [0.3, 0.4) is 0 Å². The second kappa shape index (κ2) is 6.11. The van der Waals surface area contributed by atoms with Crippen molar-refractivity contribution in [3.8, 4) is 0 Å². The maximum absolute atomic E-state index is 12.4. The lowest BCUT2D eigenvalue weighted by Gasteiger charge is -2.38. The van der Waals surface area contributed by atoms with Crippen molar-refractivity contribution < 1.29 is 10.0 Å². The minimum Gasteiger partial charge on any atom is -0.409 e. The Hall–Kier alpha value is -2.11. The number of likely N-dealkylation sites (tertiary alicyclic amines) is 1. The van der Waals surface area contributed by atoms with Crippen molar-refractivity contribution in [2.45, 2.75) is 33.1 Å². The van der Waals surface area contributed by atoms with Crippen LogP contribution in [0.15, 0.2) is 23.5 Å². The third kappa shape index (κ3) is 3.32. The van der Waals surface area contributed by atoms with E-state index in [0.717, 1.165) is 32.4 Å². The monoisotopic (exact) mass is 290 g/mol. The molecule has 1 saturated heterocycles. The highest BCUT2D eigenvalue weighted by Crippen LogP contribution is 2.34. The summed E-state index contributed by atoms with van der Waals surface area (Å²) in [6.07, 6.45) is 4.64. The lowest BCUT2D eigenvalue weighted by atomic mass is 9.78. The molecular weight excluding hydrogens is 268 g/mol. The normalized spacial score (nSPS) is 18.6. The summed E-state index contributed by atoms with van der Waals surface area (Å²) < 4.78 is 0. The predicted octanol–water partition coefficient (Wildman–Crippen LogP) is 1.83. The fourth-order valence-corrected chi connectivity index (χ4v) is 2.49. The van der Waals surface area contributed by atoms with E-state index in [1.165, 1.54) is 6.20 Å². The van der Waals surface area contributed by atoms with Gasteiger partial charge >= 0.3 is 0 Å². The molecule has 0 atom stereocenters. The number of amides is 1. The highest BCUT2D eigenvalue weighted by atomic mass is 16.4. The third-order valence-electron chi connectivity index (χ3n) is 4.50. The summed E-state index contributed by atoms with van der Waals surface area (Å²) in [6, 6.07) is 3.25. The molecule has 1 amide bonds. The summed E-state index contributed by atoms with van der Waals surface area (Å²) in [5.74, 6) is -0.0719. The maximum Gasteiger partial charge on any atom is 0.272 e. The molecule has 0 bridgehead atoms. The molecule has 0 aromatic carbocycles. The van der Waals surface area contributed by atoms with Gasteiger partial charge in [0.1, 0.15) is 5.69 Å². The van der Waals surface area contributed by atoms with Gasteiger partial charge in [0, 0.05) is 24.8 Å². The van der Waals surface area contributed by atoms with E-state index in [2.05, 4.69) is 24.0 Å². The van der Waals surface area contributed by atoms with Gasteiger partial charge in [-0.3, -0.25) is 9.78 Å². The lowest BCUT2D eigenvalue weighted by molar-refractivity contribution is 0.0594. The first-order valence-corrected chi connectivity index (χ1v) is 7.22. The van der Waals surface area contributed by atoms with E-state index in [0.29, 0.717) is 16.7 Å². The maximum atomic E-state index is 12.4. The number of aromatic nitrogens is 1. The average molecular weight is 290 g/mol. The number of pyridine rings is 1. The summed E-state index contributed by atoms with van der Waals surface area (Å²) in [6.45, 7) is 6.02. The molecule has 6 nitrogen and oxygen atoms in total. The second-order valence-electron chi connectivity index (χ2n) is 5.87. The Balaban J connectivity index is 2.04. The first-order valence-electron chi connectivity index (χ1n) is 7.22. The molecule has 1 aromatic rings. The Morgan fingerprint density at radius 2 is 2.14 bits per heavy atom. The van der Waals surface area contributed by atoms with Crippen LogP contribution in [0.5, 0.6) is 0 Å². The second-order valence-corrected chi connectivity index (χ2v) is 5.87. The number of hydrogen-bond donors (Lipinski definition) is 2. The van der Waals surface area contributed by atoms with E-state index in [9.17, 15) is 4.79 Å². The number of carbonyl (C=O) groups is 1. The van der Waals surface area contributed by atoms with Crippen LogP contribution in [0.2, 0.25) is 0 Å². The van der Waals surface area contributed by atoms with E-state index >= 15 is 0 Å². The third-order valence-corrected chi connectivity index (χ3v) is 4.50. The zero-order valence-electron chi connectivity index (χ0n) is 12.5. The van der Waals surface area contributed by atoms with Crippen LogP contribution in [-0.4, -0.2) is 39.9 Å². The number of oxime groups is 1. The fourth-order valence-electron chi connectivity index (χ4n) is 2.49. The largest absolute Gasteiger partial charge is 0.409 e. The van der Waals surface area contributed by atoms with Gasteiger partial charge in [0.25, 0.3) is 5.91 Å². The van der Waals surface area contributed by atoms with Gasteiger partial charge in [-0.2, -0.15) is 0 Å². The van der Waals surface area contributed by atoms with Gasteiger partial charge in [0.15, 0.2) is 5.84 Å². The quantitative estimate of drug-likeness (QED) is 0.384. The molecule has 0 spiro atoms. The van der Waals surface area contributed by atoms with Gasteiger partial charge < -0.3 is 15.8 Å². The van der Waals surface area contributed by atoms with E-state index in [4.69, 9.17) is 10.9 Å². The predicted molar refractivity (Wildman–Crippen MR) is 80.3 cm³/mol. The Kier molecular flexibility index (Phi) is 4.45. The molecule has 0 saturated carbocycles. The van der Waals surface area contributed by atoms with E-state index in [-0.39, 0.29) is 11.7 Å². The SMILES string of the molecule is CCC1(C)CCN(C(=O)c2ccc(C(N)=NO)cn2)CC1. The molecule has 0 aliphatic carbocycles. The molecule has 1 aromatic heterocycles. The zero-order valence-corrected chi connectivity index (χ0v) is 12.5. The summed E-state index contributed by atoms with van der Waals surface area (Å²) in [5.41, 5.74) is 6.71. The number of nitrogens with zero attached hydrogens (tertiary/aromatic N) is 3. The number of piperidine rings is 1. The smallest absolute Gasteiger partial charge is 0.272 e. The van der Waals surface area contributed by atoms with Gasteiger partial charge in [-0.05, 0) is 30.4 Å². The van der Waals surface area contributed by atoms with Crippen LogP contribution < -0.4 is 5.73 Å². The first kappa shape index (κ1) is 15.3. The van der Waals surface area contributed by atoms with Crippen LogP contribution in [-0.2, 0) is 0 Å². The van der Waals surface area contributed by atoms with Crippen LogP contribution in [0.4, 0.5) is 0 Å². The zero-order chi connectivity index (χ0) is 15.5. The molecule has 114 valence electrons. The Morgan fingerprint density at radius 3 is 2.62 bits per heavy atom. The summed E-state index contributed by atoms with van der Waals surface area (Å²) >= 11 is 0. The average Bonchev–Trinajstić information content (AvgIpc) is 2.54. The van der Waals surface area contributed by atoms with Gasteiger partial charge in [0.05, 0.1) is 0 Å². The lowest BCUT2D eigenvalue weighted by Crippen LogP contribution is -2.42. The van der Waals surface area contributed by atoms with Crippen molar-refractivity contribution in [2.24, 2.45) is 16.3 Å². The van der Waals surface area contributed by atoms with Crippen LogP contribution in [0.1, 0.15) is 49.2 Å². The molecule has 0 unspecified atom stereocenters. The topological polar surface area (TPSA) is 91.8 Å². The molecule has 2 rings (SSSR count). The van der Waals surface area contributed by atoms with Crippen molar-refractivity contribution in [3.05, 3.63) is 29.6 Å². The van der Waals surface area contributed by atoms with E-state index in [1.54, 1.807) is 12.1 Å². The van der Waals surface area contributed by atoms with Crippen LogP contribution in [0.25, 0.3) is 0 Å². The van der Waals surface area contributed by atoms with Crippen molar-refractivity contribution in [2.75, 3.05) is 13.1 Å². The molecule has 1 fully saturated rings. The molecule has 6 heteroatoms. The minimum atomic E-state index is -0.0563. The standard InChI is InChI=1S/C15H22N4O2/c1-3-15(2)6-8-19(9-7-15)14(20)12-5-4-11(10-17-12)13(16)18-21/h4-5,10,21H,3,6-9H2,1-2H3,(H2,16,18). The van der Waals surface area contributed by atoms with Crippen molar-refractivity contribution in [3.63, 3.8) is 0 Å². The summed E-state index contributed by atoms with van der Waals surface area (Å²) in [7, 11) is 0. The number of carbonyl (C=O) groups excluding carboxylic acids is 1. The molecular formula is C15H22N4O2. The highest BCUT2D eigenvalue weighted by Gasteiger charge is 2.30. The molecule has 3 N–H and O–H groups in total. The van der Waals surface area contributed by atoms with Gasteiger partial charge in [-0.15, -0.1) is 0 Å². The van der Waals surface area contributed by atoms with Crippen molar-refractivity contribution in [1.29, 1.82) is 0 Å². The first-order chi connectivity index (χ1) is 9.99. The molecule has 0 radical (unpaired) electrons. The Bertz CT molecular complexity index is 531. The number of rotatable bonds is 3. The number of nitrogens with two attached hydrogens (primary N) is 1. The fraction of sp³-hybridized carbons (Fsp3) is 0.533. The Morgan fingerprint density at radius 1 is 1.48 bits per heavy atom. The van der Waals surface area contributed by atoms with Gasteiger partial charge in [-0.25, -0.2) is 0 Å². The number of hydrogen-bond acceptors (Lipinski definition) is 4. The van der Waals surface area contributed by atoms with Crippen LogP contribution >= 0.6 is 0 Å². The number of amidine groups is 1. The van der Waals surface area contributed by atoms with Crippen LogP contribution in [0, 0.1) is 5.41 Å². The minimum absolute atomic E-state index is 0.0156. The van der Waals surface area contributed by atoms with Crippen molar-refractivity contribution in [1.82, 2.24) is 9.88 Å². The molecule has 1 aliphatic heterocycles.